The Morgan fingerprint density at radius 1 is 1.29 bits per heavy atom. The third kappa shape index (κ3) is 4.55. The molecule has 0 aliphatic rings. The Bertz CT molecular complexity index is 425. The van der Waals surface area contributed by atoms with Gasteiger partial charge >= 0.3 is 6.18 Å². The van der Waals surface area contributed by atoms with Crippen LogP contribution in [-0.4, -0.2) is 12.1 Å². The zero-order valence-electron chi connectivity index (χ0n) is 8.24. The lowest BCUT2D eigenvalue weighted by Gasteiger charge is -2.11. The Labute approximate surface area is 112 Å². The van der Waals surface area contributed by atoms with Crippen molar-refractivity contribution in [1.29, 1.82) is 0 Å². The molecule has 0 heterocycles. The van der Waals surface area contributed by atoms with Gasteiger partial charge < -0.3 is 11.1 Å². The first-order chi connectivity index (χ1) is 7.69. The molecule has 0 fully saturated rings. The number of hydrogen-bond donors (Lipinski definition) is 2. The van der Waals surface area contributed by atoms with Crippen LogP contribution in [0.3, 0.4) is 0 Å². The first kappa shape index (κ1) is 14.3. The maximum atomic E-state index is 12.0. The molecule has 0 saturated heterocycles. The summed E-state index contributed by atoms with van der Waals surface area (Å²) >= 11 is 6.20. The van der Waals surface area contributed by atoms with Crippen molar-refractivity contribution in [2.75, 3.05) is 11.1 Å². The molecular formula is C9H7Br2F3N2O. The molecule has 0 atom stereocenters. The fourth-order valence-electron chi connectivity index (χ4n) is 1.08. The number of carbonyl (C=O) groups excluding carboxylic acids is 1. The number of amides is 1. The molecule has 3 N–H and O–H groups in total. The Morgan fingerprint density at radius 3 is 2.18 bits per heavy atom. The second-order valence-electron chi connectivity index (χ2n) is 3.20. The van der Waals surface area contributed by atoms with E-state index in [9.17, 15) is 18.0 Å². The van der Waals surface area contributed by atoms with Crippen LogP contribution < -0.4 is 11.1 Å². The summed E-state index contributed by atoms with van der Waals surface area (Å²) in [6.07, 6.45) is -6.06. The number of benzene rings is 1. The Hall–Kier alpha value is -0.760. The van der Waals surface area contributed by atoms with Crippen molar-refractivity contribution in [2.45, 2.75) is 12.6 Å². The minimum absolute atomic E-state index is 0.216. The smallest absolute Gasteiger partial charge is 0.397 e. The van der Waals surface area contributed by atoms with Crippen LogP contribution in [0, 0.1) is 0 Å². The lowest BCUT2D eigenvalue weighted by Crippen LogP contribution is -2.21. The van der Waals surface area contributed by atoms with E-state index >= 15 is 0 Å². The first-order valence-electron chi connectivity index (χ1n) is 4.30. The second kappa shape index (κ2) is 5.26. The highest BCUT2D eigenvalue weighted by Gasteiger charge is 2.31. The van der Waals surface area contributed by atoms with E-state index in [-0.39, 0.29) is 5.69 Å². The standard InChI is InChI=1S/C9H7Br2F3N2O/c10-5-1-4(15)2-6(11)8(5)16-7(17)3-9(12,13)14/h1-2H,3,15H2,(H,16,17). The summed E-state index contributed by atoms with van der Waals surface area (Å²) in [5.41, 5.74) is 6.14. The Morgan fingerprint density at radius 2 is 1.76 bits per heavy atom. The fraction of sp³-hybridized carbons (Fsp3) is 0.222. The highest BCUT2D eigenvalue weighted by Crippen LogP contribution is 2.34. The van der Waals surface area contributed by atoms with Crippen molar-refractivity contribution in [2.24, 2.45) is 0 Å². The molecule has 0 aliphatic heterocycles. The van der Waals surface area contributed by atoms with Crippen molar-refractivity contribution in [3.05, 3.63) is 21.1 Å². The van der Waals surface area contributed by atoms with Gasteiger partial charge in [-0.2, -0.15) is 13.2 Å². The van der Waals surface area contributed by atoms with Gasteiger partial charge in [0.15, 0.2) is 0 Å². The average Bonchev–Trinajstić information content (AvgIpc) is 2.08. The molecule has 1 rings (SSSR count). The molecule has 0 aliphatic carbocycles. The molecule has 94 valence electrons. The summed E-state index contributed by atoms with van der Waals surface area (Å²) in [6, 6.07) is 2.96. The van der Waals surface area contributed by atoms with Crippen LogP contribution in [0.25, 0.3) is 0 Å². The topological polar surface area (TPSA) is 55.1 Å². The number of halogens is 5. The van der Waals surface area contributed by atoms with Crippen LogP contribution in [0.5, 0.6) is 0 Å². The van der Waals surface area contributed by atoms with E-state index in [2.05, 4.69) is 37.2 Å². The van der Waals surface area contributed by atoms with Crippen molar-refractivity contribution in [1.82, 2.24) is 0 Å². The zero-order valence-corrected chi connectivity index (χ0v) is 11.4. The van der Waals surface area contributed by atoms with Crippen LogP contribution >= 0.6 is 31.9 Å². The highest BCUT2D eigenvalue weighted by molar-refractivity contribution is 9.11. The minimum atomic E-state index is -4.53. The van der Waals surface area contributed by atoms with Gasteiger partial charge in [-0.1, -0.05) is 0 Å². The number of carbonyl (C=O) groups is 1. The van der Waals surface area contributed by atoms with Crippen LogP contribution in [0.2, 0.25) is 0 Å². The lowest BCUT2D eigenvalue weighted by molar-refractivity contribution is -0.150. The van der Waals surface area contributed by atoms with Crippen molar-refractivity contribution in [3.8, 4) is 0 Å². The second-order valence-corrected chi connectivity index (χ2v) is 4.91. The monoisotopic (exact) mass is 374 g/mol. The molecule has 1 amide bonds. The van der Waals surface area contributed by atoms with Gasteiger partial charge in [0.1, 0.15) is 6.42 Å². The number of alkyl halides is 3. The van der Waals surface area contributed by atoms with Gasteiger partial charge in [-0.15, -0.1) is 0 Å². The van der Waals surface area contributed by atoms with Crippen molar-refractivity contribution in [3.63, 3.8) is 0 Å². The number of nitrogens with two attached hydrogens (primary N) is 1. The SMILES string of the molecule is Nc1cc(Br)c(NC(=O)CC(F)(F)F)c(Br)c1. The van der Waals surface area contributed by atoms with E-state index in [4.69, 9.17) is 5.73 Å². The van der Waals surface area contributed by atoms with Gasteiger partial charge in [-0.05, 0) is 44.0 Å². The van der Waals surface area contributed by atoms with Crippen LogP contribution in [-0.2, 0) is 4.79 Å². The average molecular weight is 376 g/mol. The quantitative estimate of drug-likeness (QED) is 0.774. The summed E-state index contributed by atoms with van der Waals surface area (Å²) in [5.74, 6) is -1.14. The molecule has 0 unspecified atom stereocenters. The molecule has 8 heteroatoms. The molecule has 17 heavy (non-hydrogen) atoms. The van der Waals surface area contributed by atoms with Gasteiger partial charge in [-0.25, -0.2) is 0 Å². The summed E-state index contributed by atoms with van der Waals surface area (Å²) in [7, 11) is 0. The Balaban J connectivity index is 2.86. The van der Waals surface area contributed by atoms with Gasteiger partial charge in [0.2, 0.25) is 5.91 Å². The summed E-state index contributed by atoms with van der Waals surface area (Å²) < 4.78 is 36.7. The van der Waals surface area contributed by atoms with Crippen molar-refractivity contribution >= 4 is 49.1 Å². The third-order valence-electron chi connectivity index (χ3n) is 1.69. The van der Waals surface area contributed by atoms with E-state index in [1.165, 1.54) is 12.1 Å². The molecule has 0 aromatic heterocycles. The molecule has 3 nitrogen and oxygen atoms in total. The number of anilines is 2. The molecule has 0 radical (unpaired) electrons. The zero-order chi connectivity index (χ0) is 13.2. The van der Waals surface area contributed by atoms with Gasteiger partial charge in [0, 0.05) is 14.6 Å². The predicted molar refractivity (Wildman–Crippen MR) is 65.6 cm³/mol. The van der Waals surface area contributed by atoms with E-state index in [0.29, 0.717) is 14.6 Å². The molecule has 1 aromatic carbocycles. The maximum absolute atomic E-state index is 12.0. The number of hydrogen-bond acceptors (Lipinski definition) is 2. The number of rotatable bonds is 2. The third-order valence-corrected chi connectivity index (χ3v) is 2.94. The first-order valence-corrected chi connectivity index (χ1v) is 5.89. The number of nitrogens with one attached hydrogen (secondary N) is 1. The van der Waals surface area contributed by atoms with Crippen LogP contribution in [0.4, 0.5) is 24.5 Å². The molecule has 0 spiro atoms. The fourth-order valence-corrected chi connectivity index (χ4v) is 2.50. The van der Waals surface area contributed by atoms with E-state index in [1.54, 1.807) is 0 Å². The molecule has 0 saturated carbocycles. The highest BCUT2D eigenvalue weighted by atomic mass is 79.9. The lowest BCUT2D eigenvalue weighted by atomic mass is 10.2. The van der Waals surface area contributed by atoms with Gasteiger partial charge in [0.25, 0.3) is 0 Å². The van der Waals surface area contributed by atoms with Crippen molar-refractivity contribution < 1.29 is 18.0 Å². The van der Waals surface area contributed by atoms with E-state index in [1.807, 2.05) is 0 Å². The summed E-state index contributed by atoms with van der Waals surface area (Å²) in [5, 5.41) is 2.15. The normalized spacial score (nSPS) is 11.4. The van der Waals surface area contributed by atoms with E-state index < -0.39 is 18.5 Å². The number of nitrogen functional groups attached to an aromatic ring is 1. The molecular weight excluding hydrogens is 369 g/mol. The predicted octanol–water partition coefficient (Wildman–Crippen LogP) is 3.68. The Kier molecular flexibility index (Phi) is 4.42. The maximum Gasteiger partial charge on any atom is 0.397 e. The summed E-state index contributed by atoms with van der Waals surface area (Å²) in [6.45, 7) is 0. The van der Waals surface area contributed by atoms with Gasteiger partial charge in [0.05, 0.1) is 5.69 Å². The van der Waals surface area contributed by atoms with Crippen LogP contribution in [0.15, 0.2) is 21.1 Å². The minimum Gasteiger partial charge on any atom is -0.399 e. The van der Waals surface area contributed by atoms with Crippen LogP contribution in [0.1, 0.15) is 6.42 Å². The van der Waals surface area contributed by atoms with Gasteiger partial charge in [-0.3, -0.25) is 4.79 Å². The van der Waals surface area contributed by atoms with E-state index in [0.717, 1.165) is 0 Å². The largest absolute Gasteiger partial charge is 0.399 e. The molecule has 0 bridgehead atoms. The molecule has 1 aromatic rings. The summed E-state index contributed by atoms with van der Waals surface area (Å²) in [4.78, 5) is 11.1.